The zero-order chi connectivity index (χ0) is 15.0. The first kappa shape index (κ1) is 16.3. The standard InChI is InChI=1S/C12H15ClN2O5/c1-2-3-4-19-5-6-20-12(16)10-7-9(15(17)18)8-14-11(10)13/h7-8H,2-6H2,1H3. The third-order valence-corrected chi connectivity index (χ3v) is 2.66. The first-order valence-electron chi connectivity index (χ1n) is 6.11. The molecule has 0 atom stereocenters. The molecule has 0 amide bonds. The fourth-order valence-electron chi connectivity index (χ4n) is 1.30. The van der Waals surface area contributed by atoms with Gasteiger partial charge in [0.2, 0.25) is 0 Å². The predicted octanol–water partition coefficient (Wildman–Crippen LogP) is 2.62. The van der Waals surface area contributed by atoms with Crippen molar-refractivity contribution >= 4 is 23.3 Å². The summed E-state index contributed by atoms with van der Waals surface area (Å²) < 4.78 is 10.1. The number of aromatic nitrogens is 1. The number of rotatable bonds is 8. The Kier molecular flexibility index (Phi) is 6.89. The van der Waals surface area contributed by atoms with Crippen LogP contribution < -0.4 is 0 Å². The lowest BCUT2D eigenvalue weighted by Crippen LogP contribution is -2.12. The molecular formula is C12H15ClN2O5. The van der Waals surface area contributed by atoms with Crippen molar-refractivity contribution in [1.82, 2.24) is 4.98 Å². The second kappa shape index (κ2) is 8.44. The van der Waals surface area contributed by atoms with E-state index in [0.717, 1.165) is 25.1 Å². The molecule has 1 aromatic rings. The number of hydrogen-bond donors (Lipinski definition) is 0. The second-order valence-corrected chi connectivity index (χ2v) is 4.25. The Morgan fingerprint density at radius 1 is 1.45 bits per heavy atom. The molecule has 7 nitrogen and oxygen atoms in total. The molecule has 0 saturated heterocycles. The summed E-state index contributed by atoms with van der Waals surface area (Å²) in [4.78, 5) is 25.2. The van der Waals surface area contributed by atoms with Crippen LogP contribution in [0.4, 0.5) is 5.69 Å². The number of ether oxygens (including phenoxy) is 2. The Labute approximate surface area is 121 Å². The number of carbonyl (C=O) groups is 1. The number of nitrogens with zero attached hydrogens (tertiary/aromatic N) is 2. The van der Waals surface area contributed by atoms with Crippen molar-refractivity contribution in [1.29, 1.82) is 0 Å². The van der Waals surface area contributed by atoms with Gasteiger partial charge in [0.15, 0.2) is 0 Å². The quantitative estimate of drug-likeness (QED) is 0.241. The molecule has 0 unspecified atom stereocenters. The van der Waals surface area contributed by atoms with Crippen LogP contribution in [0.15, 0.2) is 12.3 Å². The largest absolute Gasteiger partial charge is 0.460 e. The van der Waals surface area contributed by atoms with Crippen LogP contribution in [-0.2, 0) is 9.47 Å². The summed E-state index contributed by atoms with van der Waals surface area (Å²) in [6, 6.07) is 1.04. The number of esters is 1. The van der Waals surface area contributed by atoms with Crippen LogP contribution in [-0.4, -0.2) is 35.7 Å². The van der Waals surface area contributed by atoms with Gasteiger partial charge in [-0.05, 0) is 6.42 Å². The van der Waals surface area contributed by atoms with Crippen molar-refractivity contribution in [3.8, 4) is 0 Å². The number of nitro groups is 1. The molecule has 1 rings (SSSR count). The first-order chi connectivity index (χ1) is 9.56. The van der Waals surface area contributed by atoms with Crippen molar-refractivity contribution in [2.75, 3.05) is 19.8 Å². The number of pyridine rings is 1. The van der Waals surface area contributed by atoms with Gasteiger partial charge in [-0.15, -0.1) is 0 Å². The van der Waals surface area contributed by atoms with E-state index < -0.39 is 10.9 Å². The Balaban J connectivity index is 2.50. The molecule has 0 fully saturated rings. The fraction of sp³-hybridized carbons (Fsp3) is 0.500. The third kappa shape index (κ3) is 5.10. The van der Waals surface area contributed by atoms with Gasteiger partial charge in [-0.1, -0.05) is 24.9 Å². The highest BCUT2D eigenvalue weighted by atomic mass is 35.5. The molecule has 0 saturated carbocycles. The van der Waals surface area contributed by atoms with Crippen LogP contribution in [0.5, 0.6) is 0 Å². The van der Waals surface area contributed by atoms with Crippen LogP contribution in [0.1, 0.15) is 30.1 Å². The molecule has 110 valence electrons. The van der Waals surface area contributed by atoms with Crippen LogP contribution in [0, 0.1) is 10.1 Å². The minimum atomic E-state index is -0.759. The molecule has 0 aromatic carbocycles. The highest BCUT2D eigenvalue weighted by Crippen LogP contribution is 2.19. The lowest BCUT2D eigenvalue weighted by molar-refractivity contribution is -0.385. The normalized spacial score (nSPS) is 10.3. The average Bonchev–Trinajstić information content (AvgIpc) is 2.42. The van der Waals surface area contributed by atoms with E-state index in [-0.39, 0.29) is 29.6 Å². The van der Waals surface area contributed by atoms with Gasteiger partial charge < -0.3 is 9.47 Å². The Morgan fingerprint density at radius 2 is 2.20 bits per heavy atom. The molecule has 1 heterocycles. The number of halogens is 1. The summed E-state index contributed by atoms with van der Waals surface area (Å²) in [7, 11) is 0. The van der Waals surface area contributed by atoms with Crippen LogP contribution in [0.2, 0.25) is 5.15 Å². The van der Waals surface area contributed by atoms with Crippen molar-refractivity contribution in [3.63, 3.8) is 0 Å². The molecule has 20 heavy (non-hydrogen) atoms. The topological polar surface area (TPSA) is 91.6 Å². The van der Waals surface area contributed by atoms with E-state index >= 15 is 0 Å². The first-order valence-corrected chi connectivity index (χ1v) is 6.48. The van der Waals surface area contributed by atoms with Crippen LogP contribution in [0.25, 0.3) is 0 Å². The van der Waals surface area contributed by atoms with Crippen LogP contribution >= 0.6 is 11.6 Å². The summed E-state index contributed by atoms with van der Waals surface area (Å²) in [5, 5.41) is 10.5. The molecule has 0 spiro atoms. The Bertz CT molecular complexity index is 481. The van der Waals surface area contributed by atoms with E-state index in [1.54, 1.807) is 0 Å². The molecule has 1 aromatic heterocycles. The van der Waals surface area contributed by atoms with E-state index in [9.17, 15) is 14.9 Å². The average molecular weight is 303 g/mol. The van der Waals surface area contributed by atoms with E-state index in [1.165, 1.54) is 0 Å². The lowest BCUT2D eigenvalue weighted by atomic mass is 10.2. The van der Waals surface area contributed by atoms with Gasteiger partial charge in [-0.3, -0.25) is 10.1 Å². The maximum atomic E-state index is 11.7. The van der Waals surface area contributed by atoms with Gasteiger partial charge in [0.25, 0.3) is 5.69 Å². The zero-order valence-corrected chi connectivity index (χ0v) is 11.8. The van der Waals surface area contributed by atoms with Gasteiger partial charge in [0.05, 0.1) is 11.5 Å². The van der Waals surface area contributed by atoms with E-state index in [0.29, 0.717) is 6.61 Å². The third-order valence-electron chi connectivity index (χ3n) is 2.36. The summed E-state index contributed by atoms with van der Waals surface area (Å²) in [5.74, 6) is -0.759. The molecule has 0 aliphatic rings. The minimum absolute atomic E-state index is 0.0571. The van der Waals surface area contributed by atoms with Gasteiger partial charge >= 0.3 is 5.97 Å². The fourth-order valence-corrected chi connectivity index (χ4v) is 1.48. The van der Waals surface area contributed by atoms with Crippen molar-refractivity contribution < 1.29 is 19.2 Å². The highest BCUT2D eigenvalue weighted by molar-refractivity contribution is 6.32. The molecular weight excluding hydrogens is 288 g/mol. The smallest absolute Gasteiger partial charge is 0.341 e. The number of unbranched alkanes of at least 4 members (excludes halogenated alkanes) is 1. The Morgan fingerprint density at radius 3 is 2.85 bits per heavy atom. The summed E-state index contributed by atoms with van der Waals surface area (Å²) in [6.07, 6.45) is 2.94. The van der Waals surface area contributed by atoms with Crippen molar-refractivity contribution in [3.05, 3.63) is 33.1 Å². The van der Waals surface area contributed by atoms with Crippen molar-refractivity contribution in [2.45, 2.75) is 19.8 Å². The molecule has 0 aliphatic carbocycles. The van der Waals surface area contributed by atoms with E-state index in [4.69, 9.17) is 21.1 Å². The second-order valence-electron chi connectivity index (χ2n) is 3.89. The van der Waals surface area contributed by atoms with Gasteiger partial charge in [-0.25, -0.2) is 9.78 Å². The Hall–Kier alpha value is -1.73. The van der Waals surface area contributed by atoms with E-state index in [1.807, 2.05) is 6.92 Å². The summed E-state index contributed by atoms with van der Waals surface area (Å²) in [6.45, 7) is 2.97. The predicted molar refractivity (Wildman–Crippen MR) is 71.9 cm³/mol. The van der Waals surface area contributed by atoms with Gasteiger partial charge in [0.1, 0.15) is 23.5 Å². The molecule has 8 heteroatoms. The molecule has 0 bridgehead atoms. The van der Waals surface area contributed by atoms with Crippen LogP contribution in [0.3, 0.4) is 0 Å². The monoisotopic (exact) mass is 302 g/mol. The highest BCUT2D eigenvalue weighted by Gasteiger charge is 2.18. The maximum Gasteiger partial charge on any atom is 0.341 e. The lowest BCUT2D eigenvalue weighted by Gasteiger charge is -2.06. The number of carbonyl (C=O) groups excluding carboxylic acids is 1. The van der Waals surface area contributed by atoms with Gasteiger partial charge in [0, 0.05) is 12.7 Å². The van der Waals surface area contributed by atoms with Gasteiger partial charge in [-0.2, -0.15) is 0 Å². The molecule has 0 N–H and O–H groups in total. The summed E-state index contributed by atoms with van der Waals surface area (Å²) >= 11 is 5.71. The molecule has 0 aliphatic heterocycles. The molecule has 0 radical (unpaired) electrons. The van der Waals surface area contributed by atoms with Crippen molar-refractivity contribution in [2.24, 2.45) is 0 Å². The SMILES string of the molecule is CCCCOCCOC(=O)c1cc([N+](=O)[O-])cnc1Cl. The zero-order valence-electron chi connectivity index (χ0n) is 11.0. The van der Waals surface area contributed by atoms with E-state index in [2.05, 4.69) is 4.98 Å². The summed E-state index contributed by atoms with van der Waals surface area (Å²) in [5.41, 5.74) is -0.449. The number of hydrogen-bond acceptors (Lipinski definition) is 6. The minimum Gasteiger partial charge on any atom is -0.460 e. The maximum absolute atomic E-state index is 11.7.